The standard InChI is InChI=1S/C14H23N3OS/c1-11-13(10-18)19-14(15-11)17-8-6-16(7-9-17)12-4-2-3-5-12/h12,18H,2-10H2,1H3. The van der Waals surface area contributed by atoms with Gasteiger partial charge in [-0.15, -0.1) is 0 Å². The summed E-state index contributed by atoms with van der Waals surface area (Å²) < 4.78 is 0. The fourth-order valence-electron chi connectivity index (χ4n) is 3.24. The minimum absolute atomic E-state index is 0.117. The molecule has 0 bridgehead atoms. The first-order valence-corrected chi connectivity index (χ1v) is 8.15. The number of rotatable bonds is 3. The lowest BCUT2D eigenvalue weighted by Crippen LogP contribution is -2.49. The van der Waals surface area contributed by atoms with E-state index in [4.69, 9.17) is 0 Å². The Morgan fingerprint density at radius 2 is 1.89 bits per heavy atom. The van der Waals surface area contributed by atoms with Crippen molar-refractivity contribution in [1.29, 1.82) is 0 Å². The van der Waals surface area contributed by atoms with E-state index in [1.165, 1.54) is 25.7 Å². The second-order valence-electron chi connectivity index (χ2n) is 5.62. The third-order valence-electron chi connectivity index (χ3n) is 4.45. The van der Waals surface area contributed by atoms with Crippen LogP contribution >= 0.6 is 11.3 Å². The highest BCUT2D eigenvalue weighted by atomic mass is 32.1. The second-order valence-corrected chi connectivity index (χ2v) is 6.69. The summed E-state index contributed by atoms with van der Waals surface area (Å²) in [6.07, 6.45) is 5.61. The molecule has 0 spiro atoms. The van der Waals surface area contributed by atoms with E-state index in [2.05, 4.69) is 14.8 Å². The molecule has 0 aromatic carbocycles. The van der Waals surface area contributed by atoms with Gasteiger partial charge in [-0.25, -0.2) is 4.98 Å². The van der Waals surface area contributed by atoms with Gasteiger partial charge in [-0.2, -0.15) is 0 Å². The molecule has 0 unspecified atom stereocenters. The van der Waals surface area contributed by atoms with Gasteiger partial charge >= 0.3 is 0 Å². The molecular weight excluding hydrogens is 258 g/mol. The van der Waals surface area contributed by atoms with Gasteiger partial charge in [0.1, 0.15) is 0 Å². The molecule has 0 radical (unpaired) electrons. The Morgan fingerprint density at radius 3 is 2.47 bits per heavy atom. The lowest BCUT2D eigenvalue weighted by atomic mass is 10.2. The maximum Gasteiger partial charge on any atom is 0.185 e. The summed E-state index contributed by atoms with van der Waals surface area (Å²) in [5, 5.41) is 10.3. The fraction of sp³-hybridized carbons (Fsp3) is 0.786. The Labute approximate surface area is 119 Å². The average Bonchev–Trinajstić information content (AvgIpc) is 3.08. The first kappa shape index (κ1) is 13.3. The van der Waals surface area contributed by atoms with Crippen LogP contribution in [0.15, 0.2) is 0 Å². The van der Waals surface area contributed by atoms with Crippen molar-refractivity contribution in [2.24, 2.45) is 0 Å². The van der Waals surface area contributed by atoms with Crippen LogP contribution in [0, 0.1) is 6.92 Å². The highest BCUT2D eigenvalue weighted by Crippen LogP contribution is 2.29. The van der Waals surface area contributed by atoms with E-state index >= 15 is 0 Å². The second kappa shape index (κ2) is 5.77. The van der Waals surface area contributed by atoms with Gasteiger partial charge in [0.2, 0.25) is 0 Å². The van der Waals surface area contributed by atoms with E-state index in [0.717, 1.165) is 47.9 Å². The van der Waals surface area contributed by atoms with E-state index in [1.54, 1.807) is 11.3 Å². The number of aromatic nitrogens is 1. The van der Waals surface area contributed by atoms with Crippen LogP contribution in [0.5, 0.6) is 0 Å². The molecule has 1 saturated heterocycles. The zero-order valence-electron chi connectivity index (χ0n) is 11.6. The maximum atomic E-state index is 9.26. The molecule has 3 rings (SSSR count). The molecule has 5 heteroatoms. The number of anilines is 1. The molecule has 2 aliphatic rings. The summed E-state index contributed by atoms with van der Waals surface area (Å²) in [6.45, 7) is 6.59. The molecule has 2 heterocycles. The minimum atomic E-state index is 0.117. The van der Waals surface area contributed by atoms with Gasteiger partial charge < -0.3 is 10.0 Å². The molecule has 1 aliphatic carbocycles. The maximum absolute atomic E-state index is 9.26. The van der Waals surface area contributed by atoms with E-state index in [1.807, 2.05) is 6.92 Å². The Balaban J connectivity index is 1.59. The number of aliphatic hydroxyl groups excluding tert-OH is 1. The van der Waals surface area contributed by atoms with E-state index < -0.39 is 0 Å². The molecule has 19 heavy (non-hydrogen) atoms. The molecule has 1 saturated carbocycles. The smallest absolute Gasteiger partial charge is 0.185 e. The Morgan fingerprint density at radius 1 is 1.21 bits per heavy atom. The van der Waals surface area contributed by atoms with Crippen molar-refractivity contribution >= 4 is 16.5 Å². The monoisotopic (exact) mass is 281 g/mol. The number of piperazine rings is 1. The number of aryl methyl sites for hydroxylation is 1. The summed E-state index contributed by atoms with van der Waals surface area (Å²) in [6, 6.07) is 0.841. The molecule has 1 N–H and O–H groups in total. The zero-order chi connectivity index (χ0) is 13.2. The molecule has 106 valence electrons. The molecular formula is C14H23N3OS. The van der Waals surface area contributed by atoms with Crippen molar-refractivity contribution in [3.8, 4) is 0 Å². The molecule has 4 nitrogen and oxygen atoms in total. The highest BCUT2D eigenvalue weighted by molar-refractivity contribution is 7.15. The van der Waals surface area contributed by atoms with Gasteiger partial charge in [0.05, 0.1) is 17.2 Å². The van der Waals surface area contributed by atoms with Crippen molar-refractivity contribution in [3.05, 3.63) is 10.6 Å². The fourth-order valence-corrected chi connectivity index (χ4v) is 4.21. The van der Waals surface area contributed by atoms with E-state index in [-0.39, 0.29) is 6.61 Å². The largest absolute Gasteiger partial charge is 0.391 e. The van der Waals surface area contributed by atoms with Gasteiger partial charge in [-0.1, -0.05) is 24.2 Å². The van der Waals surface area contributed by atoms with Gasteiger partial charge in [0, 0.05) is 32.2 Å². The van der Waals surface area contributed by atoms with Crippen molar-refractivity contribution in [2.45, 2.75) is 45.3 Å². The Kier molecular flexibility index (Phi) is 4.05. The van der Waals surface area contributed by atoms with E-state index in [9.17, 15) is 5.11 Å². The van der Waals surface area contributed by atoms with Gasteiger partial charge in [0.25, 0.3) is 0 Å². The molecule has 1 aliphatic heterocycles. The van der Waals surface area contributed by atoms with Crippen LogP contribution in [0.2, 0.25) is 0 Å². The van der Waals surface area contributed by atoms with Crippen LogP contribution in [0.1, 0.15) is 36.3 Å². The number of hydrogen-bond donors (Lipinski definition) is 1. The van der Waals surface area contributed by atoms with Crippen LogP contribution in [0.4, 0.5) is 5.13 Å². The minimum Gasteiger partial charge on any atom is -0.391 e. The lowest BCUT2D eigenvalue weighted by Gasteiger charge is -2.37. The lowest BCUT2D eigenvalue weighted by molar-refractivity contribution is 0.187. The molecule has 2 fully saturated rings. The van der Waals surface area contributed by atoms with Crippen LogP contribution < -0.4 is 4.90 Å². The average molecular weight is 281 g/mol. The Bertz CT molecular complexity index is 420. The molecule has 1 aromatic heterocycles. The number of aliphatic hydroxyl groups is 1. The topological polar surface area (TPSA) is 39.6 Å². The van der Waals surface area contributed by atoms with Gasteiger partial charge in [-0.05, 0) is 19.8 Å². The summed E-state index contributed by atoms with van der Waals surface area (Å²) >= 11 is 1.65. The van der Waals surface area contributed by atoms with Crippen LogP contribution in [-0.2, 0) is 6.61 Å². The number of nitrogens with zero attached hydrogens (tertiary/aromatic N) is 3. The quantitative estimate of drug-likeness (QED) is 0.920. The van der Waals surface area contributed by atoms with Crippen molar-refractivity contribution < 1.29 is 5.11 Å². The zero-order valence-corrected chi connectivity index (χ0v) is 12.5. The van der Waals surface area contributed by atoms with Crippen molar-refractivity contribution in [1.82, 2.24) is 9.88 Å². The summed E-state index contributed by atoms with van der Waals surface area (Å²) in [5.41, 5.74) is 0.987. The summed E-state index contributed by atoms with van der Waals surface area (Å²) in [5.74, 6) is 0. The Hall–Kier alpha value is -0.650. The third-order valence-corrected chi connectivity index (χ3v) is 5.65. The summed E-state index contributed by atoms with van der Waals surface area (Å²) in [7, 11) is 0. The van der Waals surface area contributed by atoms with Crippen LogP contribution in [0.25, 0.3) is 0 Å². The number of hydrogen-bond acceptors (Lipinski definition) is 5. The highest BCUT2D eigenvalue weighted by Gasteiger charge is 2.27. The SMILES string of the molecule is Cc1nc(N2CCN(C3CCCC3)CC2)sc1CO. The molecule has 1 aromatic rings. The van der Waals surface area contributed by atoms with Gasteiger partial charge in [0.15, 0.2) is 5.13 Å². The van der Waals surface area contributed by atoms with Crippen molar-refractivity contribution in [3.63, 3.8) is 0 Å². The van der Waals surface area contributed by atoms with Gasteiger partial charge in [-0.3, -0.25) is 4.90 Å². The molecule has 0 amide bonds. The van der Waals surface area contributed by atoms with Crippen LogP contribution in [0.3, 0.4) is 0 Å². The molecule has 0 atom stereocenters. The predicted molar refractivity (Wildman–Crippen MR) is 78.8 cm³/mol. The first-order valence-electron chi connectivity index (χ1n) is 7.34. The first-order chi connectivity index (χ1) is 9.28. The number of thiazole rings is 1. The van der Waals surface area contributed by atoms with Crippen LogP contribution in [-0.4, -0.2) is 47.2 Å². The predicted octanol–water partition coefficient (Wildman–Crippen LogP) is 2.01. The van der Waals surface area contributed by atoms with E-state index in [0.29, 0.717) is 0 Å². The van der Waals surface area contributed by atoms with Crippen molar-refractivity contribution in [2.75, 3.05) is 31.1 Å². The third kappa shape index (κ3) is 2.78. The summed E-state index contributed by atoms with van der Waals surface area (Å²) in [4.78, 5) is 10.6. The normalized spacial score (nSPS) is 22.3.